The monoisotopic (exact) mass is 331 g/mol. The molecule has 9 heteroatoms. The van der Waals surface area contributed by atoms with E-state index in [2.05, 4.69) is 10.5 Å². The molecule has 0 spiro atoms. The van der Waals surface area contributed by atoms with Crippen molar-refractivity contribution in [2.45, 2.75) is 0 Å². The van der Waals surface area contributed by atoms with E-state index in [1.54, 1.807) is 0 Å². The molecule has 0 heterocycles. The number of nitro groups is 1. The molecule has 124 valence electrons. The topological polar surface area (TPSA) is 134 Å². The maximum absolute atomic E-state index is 12.1. The number of phenols is 2. The van der Waals surface area contributed by atoms with Crippen molar-refractivity contribution in [3.05, 3.63) is 57.6 Å². The first-order valence-corrected chi connectivity index (χ1v) is 6.60. The van der Waals surface area contributed by atoms with Crippen molar-refractivity contribution in [3.63, 3.8) is 0 Å². The van der Waals surface area contributed by atoms with Crippen LogP contribution in [-0.4, -0.2) is 34.4 Å². The zero-order valence-electron chi connectivity index (χ0n) is 12.5. The van der Waals surface area contributed by atoms with E-state index in [1.165, 1.54) is 43.7 Å². The third-order valence-corrected chi connectivity index (χ3v) is 3.02. The molecule has 0 saturated carbocycles. The first-order valence-electron chi connectivity index (χ1n) is 6.60. The highest BCUT2D eigenvalue weighted by molar-refractivity contribution is 5.98. The summed E-state index contributed by atoms with van der Waals surface area (Å²) in [5.41, 5.74) is 2.33. The zero-order chi connectivity index (χ0) is 17.7. The van der Waals surface area contributed by atoms with E-state index in [-0.39, 0.29) is 28.5 Å². The Labute approximate surface area is 136 Å². The highest BCUT2D eigenvalue weighted by Gasteiger charge is 2.17. The Kier molecular flexibility index (Phi) is 4.95. The number of phenolic OH excluding ortho intramolecular Hbond substituents is 2. The Balaban J connectivity index is 2.17. The van der Waals surface area contributed by atoms with E-state index in [0.717, 1.165) is 6.07 Å². The number of amides is 1. The smallest absolute Gasteiger partial charge is 0.275 e. The summed E-state index contributed by atoms with van der Waals surface area (Å²) in [6.45, 7) is 0. The summed E-state index contributed by atoms with van der Waals surface area (Å²) >= 11 is 0. The summed E-state index contributed by atoms with van der Waals surface area (Å²) in [6.07, 6.45) is 1.24. The Morgan fingerprint density at radius 1 is 1.25 bits per heavy atom. The highest BCUT2D eigenvalue weighted by Crippen LogP contribution is 2.25. The number of hydrogen-bond donors (Lipinski definition) is 3. The normalized spacial score (nSPS) is 10.5. The molecule has 0 aliphatic carbocycles. The molecular weight excluding hydrogens is 318 g/mol. The lowest BCUT2D eigenvalue weighted by Crippen LogP contribution is -2.18. The molecule has 0 aliphatic heterocycles. The van der Waals surface area contributed by atoms with Gasteiger partial charge in [0.25, 0.3) is 11.6 Å². The Morgan fingerprint density at radius 2 is 2.00 bits per heavy atom. The minimum atomic E-state index is -0.699. The van der Waals surface area contributed by atoms with Crippen LogP contribution in [0.4, 0.5) is 5.69 Å². The molecular formula is C15H13N3O6. The van der Waals surface area contributed by atoms with Crippen molar-refractivity contribution in [2.75, 3.05) is 7.11 Å². The van der Waals surface area contributed by atoms with Gasteiger partial charge in [-0.05, 0) is 29.8 Å². The number of ether oxygens (including phenoxy) is 1. The first-order chi connectivity index (χ1) is 11.4. The number of aromatic hydroxyl groups is 2. The molecule has 0 aromatic heterocycles. The van der Waals surface area contributed by atoms with Gasteiger partial charge in [-0.2, -0.15) is 5.10 Å². The molecule has 2 aromatic carbocycles. The molecule has 2 rings (SSSR count). The number of hydrogen-bond acceptors (Lipinski definition) is 7. The average Bonchev–Trinajstić information content (AvgIpc) is 2.57. The van der Waals surface area contributed by atoms with E-state index in [4.69, 9.17) is 4.74 Å². The van der Waals surface area contributed by atoms with Crippen molar-refractivity contribution in [1.82, 2.24) is 5.43 Å². The maximum Gasteiger partial charge on any atom is 0.275 e. The molecule has 24 heavy (non-hydrogen) atoms. The van der Waals surface area contributed by atoms with Gasteiger partial charge in [-0.25, -0.2) is 5.43 Å². The molecule has 0 radical (unpaired) electrons. The standard InChI is InChI=1S/C15H13N3O6/c1-24-14-5-3-10(18(22)23)7-11(14)15(21)17-16-8-9-2-4-12(19)13(20)6-9/h2-8,19-20H,1H3,(H,17,21)/b16-8-. The zero-order valence-corrected chi connectivity index (χ0v) is 12.5. The van der Waals surface area contributed by atoms with Gasteiger partial charge in [0.05, 0.1) is 23.8 Å². The van der Waals surface area contributed by atoms with Crippen LogP contribution in [0.2, 0.25) is 0 Å². The van der Waals surface area contributed by atoms with Gasteiger partial charge in [0.2, 0.25) is 0 Å². The van der Waals surface area contributed by atoms with Crippen LogP contribution in [0.15, 0.2) is 41.5 Å². The average molecular weight is 331 g/mol. The second-order valence-electron chi connectivity index (χ2n) is 4.59. The number of methoxy groups -OCH3 is 1. The lowest BCUT2D eigenvalue weighted by molar-refractivity contribution is -0.384. The van der Waals surface area contributed by atoms with Gasteiger partial charge in [-0.1, -0.05) is 0 Å². The van der Waals surface area contributed by atoms with Gasteiger partial charge in [0.1, 0.15) is 5.75 Å². The summed E-state index contributed by atoms with van der Waals surface area (Å²) in [7, 11) is 1.33. The minimum Gasteiger partial charge on any atom is -0.504 e. The van der Waals surface area contributed by atoms with Crippen LogP contribution in [0.25, 0.3) is 0 Å². The fourth-order valence-electron chi connectivity index (χ4n) is 1.83. The molecule has 3 N–H and O–H groups in total. The second kappa shape index (κ2) is 7.09. The highest BCUT2D eigenvalue weighted by atomic mass is 16.6. The summed E-state index contributed by atoms with van der Waals surface area (Å²) in [4.78, 5) is 22.3. The number of carbonyl (C=O) groups excluding carboxylic acids is 1. The van der Waals surface area contributed by atoms with Crippen LogP contribution in [-0.2, 0) is 0 Å². The van der Waals surface area contributed by atoms with E-state index in [1.807, 2.05) is 0 Å². The molecule has 2 aromatic rings. The number of carbonyl (C=O) groups is 1. The summed E-state index contributed by atoms with van der Waals surface area (Å²) in [5.74, 6) is -1.14. The third-order valence-electron chi connectivity index (χ3n) is 3.02. The molecule has 1 amide bonds. The van der Waals surface area contributed by atoms with Gasteiger partial charge in [-0.15, -0.1) is 0 Å². The molecule has 0 unspecified atom stereocenters. The van der Waals surface area contributed by atoms with Crippen molar-refractivity contribution < 1.29 is 24.7 Å². The maximum atomic E-state index is 12.1. The Bertz CT molecular complexity index is 819. The summed E-state index contributed by atoms with van der Waals surface area (Å²) in [6, 6.07) is 7.60. The third kappa shape index (κ3) is 3.77. The second-order valence-corrected chi connectivity index (χ2v) is 4.59. The van der Waals surface area contributed by atoms with Crippen LogP contribution in [0.5, 0.6) is 17.2 Å². The van der Waals surface area contributed by atoms with E-state index >= 15 is 0 Å². The van der Waals surface area contributed by atoms with Crippen molar-refractivity contribution in [1.29, 1.82) is 0 Å². The summed E-state index contributed by atoms with van der Waals surface area (Å²) in [5, 5.41) is 33.0. The Morgan fingerprint density at radius 3 is 2.62 bits per heavy atom. The quantitative estimate of drug-likeness (QED) is 0.331. The Hall–Kier alpha value is -3.62. The number of non-ortho nitro benzene ring substituents is 1. The number of nitrogens with one attached hydrogen (secondary N) is 1. The van der Waals surface area contributed by atoms with E-state index in [9.17, 15) is 25.1 Å². The van der Waals surface area contributed by atoms with Gasteiger partial charge < -0.3 is 14.9 Å². The minimum absolute atomic E-state index is 0.0441. The van der Waals surface area contributed by atoms with Gasteiger partial charge in [-0.3, -0.25) is 14.9 Å². The number of benzene rings is 2. The van der Waals surface area contributed by atoms with Crippen molar-refractivity contribution >= 4 is 17.8 Å². The molecule has 0 saturated heterocycles. The first kappa shape index (κ1) is 16.7. The van der Waals surface area contributed by atoms with Crippen LogP contribution in [0.3, 0.4) is 0 Å². The van der Waals surface area contributed by atoms with Gasteiger partial charge in [0.15, 0.2) is 11.5 Å². The van der Waals surface area contributed by atoms with Crippen molar-refractivity contribution in [2.24, 2.45) is 5.10 Å². The molecule has 9 nitrogen and oxygen atoms in total. The van der Waals surface area contributed by atoms with E-state index < -0.39 is 10.8 Å². The molecule has 0 fully saturated rings. The lowest BCUT2D eigenvalue weighted by atomic mass is 10.1. The number of hydrazone groups is 1. The predicted molar refractivity (Wildman–Crippen MR) is 84.5 cm³/mol. The fraction of sp³-hybridized carbons (Fsp3) is 0.0667. The molecule has 0 bridgehead atoms. The molecule has 0 aliphatic rings. The van der Waals surface area contributed by atoms with E-state index in [0.29, 0.717) is 5.56 Å². The van der Waals surface area contributed by atoms with Gasteiger partial charge in [0, 0.05) is 12.1 Å². The lowest BCUT2D eigenvalue weighted by Gasteiger charge is -2.06. The van der Waals surface area contributed by atoms with Crippen LogP contribution in [0, 0.1) is 10.1 Å². The SMILES string of the molecule is COc1ccc([N+](=O)[O-])cc1C(=O)N/N=C\c1ccc(O)c(O)c1. The van der Waals surface area contributed by atoms with Crippen LogP contribution in [0.1, 0.15) is 15.9 Å². The largest absolute Gasteiger partial charge is 0.504 e. The number of nitrogens with zero attached hydrogens (tertiary/aromatic N) is 2. The van der Waals surface area contributed by atoms with Crippen LogP contribution < -0.4 is 10.2 Å². The fourth-order valence-corrected chi connectivity index (χ4v) is 1.83. The van der Waals surface area contributed by atoms with Gasteiger partial charge >= 0.3 is 0 Å². The number of rotatable bonds is 5. The number of nitro benzene ring substituents is 1. The molecule has 0 atom stereocenters. The van der Waals surface area contributed by atoms with Crippen molar-refractivity contribution in [3.8, 4) is 17.2 Å². The summed E-state index contributed by atoms with van der Waals surface area (Å²) < 4.78 is 5.00. The van der Waals surface area contributed by atoms with Crippen LogP contribution >= 0.6 is 0 Å². The predicted octanol–water partition coefficient (Wildman–Crippen LogP) is 1.78.